The third-order valence-electron chi connectivity index (χ3n) is 5.53. The molecule has 174 valence electrons. The SMILES string of the molecule is CC(c1nc2ccccc2c(=O)n1-c1ccccc1)N(C)S(=O)(=O)c1ccc(Cl)c([N+](=O)[O-])c1. The Morgan fingerprint density at radius 2 is 1.71 bits per heavy atom. The first-order chi connectivity index (χ1) is 16.1. The Labute approximate surface area is 200 Å². The lowest BCUT2D eigenvalue weighted by atomic mass is 10.2. The number of para-hydroxylation sites is 2. The molecule has 0 N–H and O–H groups in total. The van der Waals surface area contributed by atoms with Gasteiger partial charge in [-0.25, -0.2) is 13.4 Å². The Kier molecular flexibility index (Phi) is 6.22. The van der Waals surface area contributed by atoms with Crippen LogP contribution in [-0.2, 0) is 10.0 Å². The molecule has 0 radical (unpaired) electrons. The molecule has 34 heavy (non-hydrogen) atoms. The fraction of sp³-hybridized carbons (Fsp3) is 0.130. The summed E-state index contributed by atoms with van der Waals surface area (Å²) < 4.78 is 29.2. The highest BCUT2D eigenvalue weighted by Crippen LogP contribution is 2.31. The van der Waals surface area contributed by atoms with Crippen molar-refractivity contribution >= 4 is 38.2 Å². The predicted octanol–water partition coefficient (Wildman–Crippen LogP) is 4.33. The lowest BCUT2D eigenvalue weighted by molar-refractivity contribution is -0.384. The van der Waals surface area contributed by atoms with Gasteiger partial charge in [-0.15, -0.1) is 0 Å². The molecule has 0 aliphatic heterocycles. The molecule has 0 bridgehead atoms. The number of aromatic nitrogens is 2. The van der Waals surface area contributed by atoms with Crippen LogP contribution >= 0.6 is 11.6 Å². The number of benzene rings is 3. The van der Waals surface area contributed by atoms with Gasteiger partial charge in [-0.1, -0.05) is 41.9 Å². The molecule has 0 fully saturated rings. The second-order valence-electron chi connectivity index (χ2n) is 7.53. The van der Waals surface area contributed by atoms with Crippen molar-refractivity contribution in [1.82, 2.24) is 13.9 Å². The number of hydrogen-bond donors (Lipinski definition) is 0. The lowest BCUT2D eigenvalue weighted by Crippen LogP contribution is -2.35. The number of nitro benzene ring substituents is 1. The molecule has 0 aliphatic carbocycles. The number of hydrogen-bond acceptors (Lipinski definition) is 6. The molecule has 0 spiro atoms. The van der Waals surface area contributed by atoms with E-state index in [2.05, 4.69) is 4.98 Å². The third-order valence-corrected chi connectivity index (χ3v) is 7.77. The van der Waals surface area contributed by atoms with Crippen LogP contribution in [0.3, 0.4) is 0 Å². The summed E-state index contributed by atoms with van der Waals surface area (Å²) in [6, 6.07) is 18.0. The highest BCUT2D eigenvalue weighted by atomic mass is 35.5. The first kappa shape index (κ1) is 23.6. The zero-order valence-corrected chi connectivity index (χ0v) is 19.7. The Morgan fingerprint density at radius 1 is 1.06 bits per heavy atom. The maximum atomic E-state index is 13.4. The van der Waals surface area contributed by atoms with E-state index in [1.54, 1.807) is 61.5 Å². The van der Waals surface area contributed by atoms with Crippen LogP contribution in [0, 0.1) is 10.1 Å². The van der Waals surface area contributed by atoms with E-state index in [0.29, 0.717) is 16.6 Å². The summed E-state index contributed by atoms with van der Waals surface area (Å²) in [5, 5.41) is 11.5. The number of sulfonamides is 1. The van der Waals surface area contributed by atoms with Gasteiger partial charge < -0.3 is 0 Å². The molecular weight excluding hydrogens is 480 g/mol. The topological polar surface area (TPSA) is 115 Å². The molecule has 9 nitrogen and oxygen atoms in total. The number of rotatable bonds is 6. The van der Waals surface area contributed by atoms with Gasteiger partial charge in [0, 0.05) is 13.1 Å². The summed E-state index contributed by atoms with van der Waals surface area (Å²) in [6.07, 6.45) is 0. The molecule has 1 atom stereocenters. The third kappa shape index (κ3) is 4.07. The molecule has 1 aromatic heterocycles. The standard InChI is InChI=1S/C23H19ClN4O5S/c1-15(26(2)34(32,33)17-12-13-19(24)21(14-17)28(30)31)22-25-20-11-7-6-10-18(20)23(29)27(22)16-8-4-3-5-9-16/h3-15H,1-2H3. The van der Waals surface area contributed by atoms with Gasteiger partial charge >= 0.3 is 0 Å². The minimum absolute atomic E-state index is 0.172. The Bertz CT molecular complexity index is 1570. The van der Waals surface area contributed by atoms with Gasteiger partial charge in [-0.2, -0.15) is 4.31 Å². The molecule has 3 aromatic carbocycles. The fourth-order valence-electron chi connectivity index (χ4n) is 3.59. The largest absolute Gasteiger partial charge is 0.289 e. The molecular formula is C23H19ClN4O5S. The minimum atomic E-state index is -4.21. The zero-order valence-electron chi connectivity index (χ0n) is 18.1. The van der Waals surface area contributed by atoms with Crippen molar-refractivity contribution < 1.29 is 13.3 Å². The van der Waals surface area contributed by atoms with E-state index in [4.69, 9.17) is 11.6 Å². The Morgan fingerprint density at radius 3 is 2.38 bits per heavy atom. The molecule has 1 unspecified atom stereocenters. The van der Waals surface area contributed by atoms with E-state index < -0.39 is 26.7 Å². The van der Waals surface area contributed by atoms with Crippen LogP contribution in [-0.4, -0.2) is 34.2 Å². The molecule has 4 rings (SSSR count). The van der Waals surface area contributed by atoms with Crippen molar-refractivity contribution in [2.45, 2.75) is 17.9 Å². The molecule has 0 saturated carbocycles. The van der Waals surface area contributed by atoms with Crippen molar-refractivity contribution in [2.75, 3.05) is 7.05 Å². The van der Waals surface area contributed by atoms with Crippen LogP contribution in [0.4, 0.5) is 5.69 Å². The van der Waals surface area contributed by atoms with Crippen molar-refractivity contribution in [1.29, 1.82) is 0 Å². The van der Waals surface area contributed by atoms with Crippen molar-refractivity contribution in [3.05, 3.63) is 104 Å². The predicted molar refractivity (Wildman–Crippen MR) is 129 cm³/mol. The lowest BCUT2D eigenvalue weighted by Gasteiger charge is -2.26. The number of nitrogens with zero attached hydrogens (tertiary/aromatic N) is 4. The van der Waals surface area contributed by atoms with Gasteiger partial charge in [-0.3, -0.25) is 19.5 Å². The zero-order chi connectivity index (χ0) is 24.6. The fourth-order valence-corrected chi connectivity index (χ4v) is 5.12. The van der Waals surface area contributed by atoms with E-state index in [-0.39, 0.29) is 21.3 Å². The van der Waals surface area contributed by atoms with Crippen LogP contribution < -0.4 is 5.56 Å². The molecule has 4 aromatic rings. The summed E-state index contributed by atoms with van der Waals surface area (Å²) in [5.74, 6) is 0.199. The first-order valence-corrected chi connectivity index (χ1v) is 11.9. The van der Waals surface area contributed by atoms with Crippen LogP contribution in [0.25, 0.3) is 16.6 Å². The molecule has 0 aliphatic rings. The van der Waals surface area contributed by atoms with Crippen molar-refractivity contribution in [2.24, 2.45) is 0 Å². The van der Waals surface area contributed by atoms with E-state index in [9.17, 15) is 23.3 Å². The van der Waals surface area contributed by atoms with Crippen LogP contribution in [0.1, 0.15) is 18.8 Å². The number of halogens is 1. The summed E-state index contributed by atoms with van der Waals surface area (Å²) >= 11 is 5.84. The Balaban J connectivity index is 1.89. The summed E-state index contributed by atoms with van der Waals surface area (Å²) in [6.45, 7) is 1.60. The average molecular weight is 499 g/mol. The monoisotopic (exact) mass is 498 g/mol. The second kappa shape index (κ2) is 8.98. The van der Waals surface area contributed by atoms with E-state index in [1.165, 1.54) is 23.7 Å². The normalized spacial score (nSPS) is 12.7. The van der Waals surface area contributed by atoms with Crippen molar-refractivity contribution in [3.63, 3.8) is 0 Å². The van der Waals surface area contributed by atoms with E-state index in [1.807, 2.05) is 0 Å². The van der Waals surface area contributed by atoms with Crippen LogP contribution in [0.2, 0.25) is 5.02 Å². The van der Waals surface area contributed by atoms with Gasteiger partial charge in [0.1, 0.15) is 10.8 Å². The van der Waals surface area contributed by atoms with Gasteiger partial charge in [0.2, 0.25) is 10.0 Å². The average Bonchev–Trinajstić information content (AvgIpc) is 2.83. The maximum Gasteiger partial charge on any atom is 0.289 e. The summed E-state index contributed by atoms with van der Waals surface area (Å²) in [5.41, 5.74) is 0.0930. The smallest absolute Gasteiger partial charge is 0.268 e. The van der Waals surface area contributed by atoms with Gasteiger partial charge in [0.15, 0.2) is 0 Å². The highest BCUT2D eigenvalue weighted by Gasteiger charge is 2.31. The summed E-state index contributed by atoms with van der Waals surface area (Å²) in [4.78, 5) is 28.3. The number of nitro groups is 1. The Hall–Kier alpha value is -3.60. The molecule has 1 heterocycles. The minimum Gasteiger partial charge on any atom is -0.268 e. The van der Waals surface area contributed by atoms with Crippen LogP contribution in [0.5, 0.6) is 0 Å². The van der Waals surface area contributed by atoms with Crippen molar-refractivity contribution in [3.8, 4) is 5.69 Å². The first-order valence-electron chi connectivity index (χ1n) is 10.1. The molecule has 0 saturated heterocycles. The van der Waals surface area contributed by atoms with Gasteiger partial charge in [0.05, 0.1) is 32.5 Å². The molecule has 11 heteroatoms. The number of fused-ring (bicyclic) bond motifs is 1. The highest BCUT2D eigenvalue weighted by molar-refractivity contribution is 7.89. The van der Waals surface area contributed by atoms with Crippen LogP contribution in [0.15, 0.2) is 82.5 Å². The molecule has 0 amide bonds. The summed E-state index contributed by atoms with van der Waals surface area (Å²) in [7, 11) is -2.88. The quantitative estimate of drug-likeness (QED) is 0.288. The van der Waals surface area contributed by atoms with Gasteiger partial charge in [-0.05, 0) is 43.3 Å². The van der Waals surface area contributed by atoms with E-state index in [0.717, 1.165) is 10.4 Å². The second-order valence-corrected chi connectivity index (χ2v) is 9.94. The van der Waals surface area contributed by atoms with E-state index >= 15 is 0 Å². The maximum absolute atomic E-state index is 13.4. The van der Waals surface area contributed by atoms with Gasteiger partial charge in [0.25, 0.3) is 11.2 Å².